The van der Waals surface area contributed by atoms with Gasteiger partial charge >= 0.3 is 0 Å². The van der Waals surface area contributed by atoms with E-state index in [1.165, 1.54) is 35.7 Å². The molecule has 1 fully saturated rings. The third kappa shape index (κ3) is 5.44. The van der Waals surface area contributed by atoms with Crippen molar-refractivity contribution < 1.29 is 0 Å². The van der Waals surface area contributed by atoms with Gasteiger partial charge in [0.1, 0.15) is 0 Å². The minimum absolute atomic E-state index is 0. The van der Waals surface area contributed by atoms with Gasteiger partial charge in [-0.25, -0.2) is 0 Å². The van der Waals surface area contributed by atoms with Crippen molar-refractivity contribution in [2.45, 2.75) is 25.4 Å². The molecule has 1 aliphatic heterocycles. The molecular formula is C17H25IN4S2. The minimum Gasteiger partial charge on any atom is -0.354 e. The Hall–Kier alpha value is -0.640. The van der Waals surface area contributed by atoms with Crippen LogP contribution >= 0.6 is 46.7 Å². The van der Waals surface area contributed by atoms with Crippen molar-refractivity contribution in [3.05, 3.63) is 44.8 Å². The maximum atomic E-state index is 4.35. The number of halogens is 1. The third-order valence-corrected chi connectivity index (χ3v) is 6.00. The van der Waals surface area contributed by atoms with Crippen molar-refractivity contribution in [1.29, 1.82) is 0 Å². The van der Waals surface area contributed by atoms with Crippen LogP contribution in [-0.4, -0.2) is 37.5 Å². The number of thiophene rings is 2. The quantitative estimate of drug-likeness (QED) is 0.377. The molecule has 2 aromatic heterocycles. The molecule has 0 radical (unpaired) electrons. The van der Waals surface area contributed by atoms with E-state index in [2.05, 4.69) is 55.6 Å². The smallest absolute Gasteiger partial charge is 0.191 e. The summed E-state index contributed by atoms with van der Waals surface area (Å²) in [5.41, 5.74) is 0. The SMILES string of the molecule is CN=C(NCc1cccs1)NCC(c1cccs1)N1CCCC1.I. The van der Waals surface area contributed by atoms with Gasteiger partial charge in [0.05, 0.1) is 12.6 Å². The summed E-state index contributed by atoms with van der Waals surface area (Å²) in [6, 6.07) is 9.06. The van der Waals surface area contributed by atoms with Gasteiger partial charge in [-0.2, -0.15) is 0 Å². The summed E-state index contributed by atoms with van der Waals surface area (Å²) in [6.45, 7) is 4.12. The maximum absolute atomic E-state index is 4.35. The summed E-state index contributed by atoms with van der Waals surface area (Å²) < 4.78 is 0. The Kier molecular flexibility index (Phi) is 8.51. The van der Waals surface area contributed by atoms with Crippen LogP contribution in [0.3, 0.4) is 0 Å². The number of likely N-dealkylation sites (tertiary alicyclic amines) is 1. The normalized spacial score (nSPS) is 16.6. The number of rotatable bonds is 6. The van der Waals surface area contributed by atoms with Crippen molar-refractivity contribution in [1.82, 2.24) is 15.5 Å². The molecule has 2 aromatic rings. The van der Waals surface area contributed by atoms with Crippen LogP contribution in [0.1, 0.15) is 28.6 Å². The topological polar surface area (TPSA) is 39.7 Å². The highest BCUT2D eigenvalue weighted by Crippen LogP contribution is 2.27. The molecule has 132 valence electrons. The number of nitrogens with zero attached hydrogens (tertiary/aromatic N) is 2. The lowest BCUT2D eigenvalue weighted by molar-refractivity contribution is 0.249. The Morgan fingerprint density at radius 1 is 1.17 bits per heavy atom. The van der Waals surface area contributed by atoms with Gasteiger partial charge in [0, 0.05) is 23.3 Å². The fourth-order valence-corrected chi connectivity index (χ4v) is 4.45. The van der Waals surface area contributed by atoms with E-state index in [1.54, 1.807) is 11.3 Å². The summed E-state index contributed by atoms with van der Waals surface area (Å²) in [6.07, 6.45) is 2.63. The Morgan fingerprint density at radius 3 is 2.54 bits per heavy atom. The van der Waals surface area contributed by atoms with E-state index in [0.29, 0.717) is 6.04 Å². The zero-order valence-electron chi connectivity index (χ0n) is 13.9. The molecule has 0 aliphatic carbocycles. The lowest BCUT2D eigenvalue weighted by Crippen LogP contribution is -2.42. The van der Waals surface area contributed by atoms with Gasteiger partial charge in [-0.05, 0) is 48.8 Å². The summed E-state index contributed by atoms with van der Waals surface area (Å²) >= 11 is 3.61. The summed E-state index contributed by atoms with van der Waals surface area (Å²) in [4.78, 5) is 9.70. The molecule has 2 N–H and O–H groups in total. The molecule has 0 amide bonds. The monoisotopic (exact) mass is 476 g/mol. The second kappa shape index (κ2) is 10.4. The summed E-state index contributed by atoms with van der Waals surface area (Å²) in [5.74, 6) is 0.874. The number of hydrogen-bond acceptors (Lipinski definition) is 4. The molecular weight excluding hydrogens is 451 g/mol. The Bertz CT molecular complexity index is 592. The second-order valence-corrected chi connectivity index (χ2v) is 7.67. The van der Waals surface area contributed by atoms with Gasteiger partial charge in [0.25, 0.3) is 0 Å². The van der Waals surface area contributed by atoms with E-state index in [9.17, 15) is 0 Å². The van der Waals surface area contributed by atoms with Gasteiger partial charge < -0.3 is 10.6 Å². The van der Waals surface area contributed by atoms with Crippen molar-refractivity contribution in [2.24, 2.45) is 4.99 Å². The van der Waals surface area contributed by atoms with Gasteiger partial charge in [-0.3, -0.25) is 9.89 Å². The van der Waals surface area contributed by atoms with Crippen LogP contribution in [-0.2, 0) is 6.54 Å². The summed E-state index contributed by atoms with van der Waals surface area (Å²) in [7, 11) is 1.83. The lowest BCUT2D eigenvalue weighted by atomic mass is 10.2. The first-order valence-corrected chi connectivity index (χ1v) is 9.87. The molecule has 3 rings (SSSR count). The molecule has 1 unspecified atom stereocenters. The van der Waals surface area contributed by atoms with E-state index in [0.717, 1.165) is 19.0 Å². The molecule has 24 heavy (non-hydrogen) atoms. The van der Waals surface area contributed by atoms with E-state index in [-0.39, 0.29) is 24.0 Å². The van der Waals surface area contributed by atoms with Crippen LogP contribution in [0, 0.1) is 0 Å². The summed E-state index contributed by atoms with van der Waals surface area (Å²) in [5, 5.41) is 11.2. The second-order valence-electron chi connectivity index (χ2n) is 5.66. The van der Waals surface area contributed by atoms with Gasteiger partial charge in [0.2, 0.25) is 0 Å². The molecule has 4 nitrogen and oxygen atoms in total. The maximum Gasteiger partial charge on any atom is 0.191 e. The predicted octanol–water partition coefficient (Wildman–Crippen LogP) is 3.93. The Morgan fingerprint density at radius 2 is 1.92 bits per heavy atom. The molecule has 1 atom stereocenters. The molecule has 1 aliphatic rings. The highest BCUT2D eigenvalue weighted by atomic mass is 127. The first-order valence-electron chi connectivity index (χ1n) is 8.11. The molecule has 0 aromatic carbocycles. The van der Waals surface area contributed by atoms with Crippen LogP contribution in [0.4, 0.5) is 0 Å². The molecule has 7 heteroatoms. The average Bonchev–Trinajstić information content (AvgIpc) is 3.34. The first-order chi connectivity index (χ1) is 11.4. The van der Waals surface area contributed by atoms with E-state index in [4.69, 9.17) is 0 Å². The molecule has 1 saturated heterocycles. The molecule has 0 saturated carbocycles. The van der Waals surface area contributed by atoms with Crippen LogP contribution in [0.2, 0.25) is 0 Å². The van der Waals surface area contributed by atoms with Gasteiger partial charge in [-0.15, -0.1) is 46.7 Å². The average molecular weight is 476 g/mol. The predicted molar refractivity (Wildman–Crippen MR) is 116 cm³/mol. The minimum atomic E-state index is 0. The third-order valence-electron chi connectivity index (χ3n) is 4.15. The number of aliphatic imine (C=N–C) groups is 1. The van der Waals surface area contributed by atoms with Crippen LogP contribution in [0.15, 0.2) is 40.0 Å². The fraction of sp³-hybridized carbons (Fsp3) is 0.471. The standard InChI is InChI=1S/C17H24N4S2.HI/c1-18-17(19-12-14-6-4-10-22-14)20-13-15(16-7-5-11-23-16)21-8-2-3-9-21;/h4-7,10-11,15H,2-3,8-9,12-13H2,1H3,(H2,18,19,20);1H. The highest BCUT2D eigenvalue weighted by molar-refractivity contribution is 14.0. The van der Waals surface area contributed by atoms with Gasteiger partial charge in [-0.1, -0.05) is 12.1 Å². The molecule has 3 heterocycles. The van der Waals surface area contributed by atoms with Crippen molar-refractivity contribution in [3.8, 4) is 0 Å². The van der Waals surface area contributed by atoms with Crippen LogP contribution in [0.25, 0.3) is 0 Å². The fourth-order valence-electron chi connectivity index (χ4n) is 2.94. The van der Waals surface area contributed by atoms with E-state index >= 15 is 0 Å². The zero-order valence-corrected chi connectivity index (χ0v) is 17.9. The zero-order chi connectivity index (χ0) is 15.9. The molecule has 0 spiro atoms. The Labute approximate surface area is 169 Å². The van der Waals surface area contributed by atoms with Crippen molar-refractivity contribution in [3.63, 3.8) is 0 Å². The van der Waals surface area contributed by atoms with Crippen LogP contribution < -0.4 is 10.6 Å². The first kappa shape index (κ1) is 19.7. The Balaban J connectivity index is 0.00000208. The lowest BCUT2D eigenvalue weighted by Gasteiger charge is -2.27. The molecule has 0 bridgehead atoms. The van der Waals surface area contributed by atoms with Crippen LogP contribution in [0.5, 0.6) is 0 Å². The highest BCUT2D eigenvalue weighted by Gasteiger charge is 2.24. The number of hydrogen-bond donors (Lipinski definition) is 2. The number of nitrogens with one attached hydrogen (secondary N) is 2. The largest absolute Gasteiger partial charge is 0.354 e. The van der Waals surface area contributed by atoms with E-state index in [1.807, 2.05) is 18.4 Å². The number of guanidine groups is 1. The van der Waals surface area contributed by atoms with Crippen molar-refractivity contribution in [2.75, 3.05) is 26.7 Å². The van der Waals surface area contributed by atoms with E-state index < -0.39 is 0 Å². The van der Waals surface area contributed by atoms with Crippen molar-refractivity contribution >= 4 is 52.6 Å². The van der Waals surface area contributed by atoms with Gasteiger partial charge in [0.15, 0.2) is 5.96 Å².